The van der Waals surface area contributed by atoms with Crippen LogP contribution in [0.1, 0.15) is 17.4 Å². The summed E-state index contributed by atoms with van der Waals surface area (Å²) in [6.45, 7) is 3.80. The van der Waals surface area contributed by atoms with E-state index in [-0.39, 0.29) is 6.04 Å². The predicted octanol–water partition coefficient (Wildman–Crippen LogP) is 4.49. The zero-order chi connectivity index (χ0) is 17.0. The molecule has 0 radical (unpaired) electrons. The average molecular weight is 407 g/mol. The fraction of sp³-hybridized carbons (Fsp3) is 0.222. The quantitative estimate of drug-likeness (QED) is 0.420. The Balaban J connectivity index is 1.93. The van der Waals surface area contributed by atoms with Crippen LogP contribution in [0.4, 0.5) is 0 Å². The number of hydrogen-bond acceptors (Lipinski definition) is 5. The van der Waals surface area contributed by atoms with Gasteiger partial charge in [0.1, 0.15) is 11.5 Å². The molecule has 1 aromatic heterocycles. The van der Waals surface area contributed by atoms with Crippen molar-refractivity contribution >= 4 is 33.4 Å². The highest BCUT2D eigenvalue weighted by atomic mass is 79.9. The van der Waals surface area contributed by atoms with E-state index in [0.29, 0.717) is 0 Å². The highest BCUT2D eigenvalue weighted by Crippen LogP contribution is 2.37. The number of thioether (sulfide) groups is 1. The molecule has 0 fully saturated rings. The summed E-state index contributed by atoms with van der Waals surface area (Å²) in [6, 6.07) is 11.8. The molecule has 0 saturated carbocycles. The zero-order valence-corrected chi connectivity index (χ0v) is 15.7. The third kappa shape index (κ3) is 3.88. The first kappa shape index (κ1) is 17.2. The average Bonchev–Trinajstić information content (AvgIpc) is 3.14. The molecule has 2 aromatic rings. The Bertz CT molecular complexity index is 715. The zero-order valence-electron chi connectivity index (χ0n) is 13.3. The summed E-state index contributed by atoms with van der Waals surface area (Å²) in [7, 11) is 1.67. The smallest absolute Gasteiger partial charge is 0.195 e. The summed E-state index contributed by atoms with van der Waals surface area (Å²) in [5.41, 5.74) is 2.10. The minimum atomic E-state index is -0.511. The van der Waals surface area contributed by atoms with E-state index in [0.717, 1.165) is 28.5 Å². The van der Waals surface area contributed by atoms with E-state index < -0.39 is 3.90 Å². The first-order valence-corrected chi connectivity index (χ1v) is 9.31. The van der Waals surface area contributed by atoms with Crippen molar-refractivity contribution < 1.29 is 9.15 Å². The Labute approximate surface area is 154 Å². The molecule has 126 valence electrons. The number of rotatable bonds is 6. The second kappa shape index (κ2) is 7.51. The largest absolute Gasteiger partial charge is 0.497 e. The van der Waals surface area contributed by atoms with Crippen LogP contribution in [0.15, 0.2) is 65.8 Å². The van der Waals surface area contributed by atoms with Gasteiger partial charge in [0, 0.05) is 11.4 Å². The molecule has 0 unspecified atom stereocenters. The van der Waals surface area contributed by atoms with Gasteiger partial charge >= 0.3 is 0 Å². The van der Waals surface area contributed by atoms with Crippen molar-refractivity contribution in [3.8, 4) is 5.75 Å². The second-order valence-corrected chi connectivity index (χ2v) is 8.21. The van der Waals surface area contributed by atoms with Gasteiger partial charge < -0.3 is 14.5 Å². The molecule has 2 heterocycles. The molecule has 2 atom stereocenters. The summed E-state index contributed by atoms with van der Waals surface area (Å²) in [5, 5.41) is 7.02. The highest BCUT2D eigenvalue weighted by molar-refractivity contribution is 9.11. The molecule has 1 aromatic carbocycles. The first-order chi connectivity index (χ1) is 11.6. The topological polar surface area (TPSA) is 46.4 Å². The van der Waals surface area contributed by atoms with Gasteiger partial charge in [0.25, 0.3) is 0 Å². The summed E-state index contributed by atoms with van der Waals surface area (Å²) in [4.78, 5) is 0. The fourth-order valence-electron chi connectivity index (χ4n) is 2.47. The lowest BCUT2D eigenvalue weighted by Gasteiger charge is -2.38. The Kier molecular flexibility index (Phi) is 5.38. The Morgan fingerprint density at radius 1 is 1.38 bits per heavy atom. The molecular formula is C18H19BrN2O2S. The third-order valence-electron chi connectivity index (χ3n) is 3.62. The number of nitrogens with one attached hydrogen (secondary N) is 2. The Morgan fingerprint density at radius 3 is 2.79 bits per heavy atom. The molecular weight excluding hydrogens is 388 g/mol. The normalized spacial score (nSPS) is 23.2. The molecule has 4 nitrogen and oxygen atoms in total. The van der Waals surface area contributed by atoms with Crippen LogP contribution in [-0.4, -0.2) is 16.8 Å². The van der Waals surface area contributed by atoms with E-state index in [1.165, 1.54) is 0 Å². The molecule has 0 bridgehead atoms. The van der Waals surface area contributed by atoms with E-state index in [4.69, 9.17) is 9.15 Å². The van der Waals surface area contributed by atoms with Crippen LogP contribution >= 0.6 is 27.7 Å². The molecule has 1 aliphatic rings. The van der Waals surface area contributed by atoms with E-state index in [9.17, 15) is 0 Å². The van der Waals surface area contributed by atoms with E-state index >= 15 is 0 Å². The number of benzene rings is 1. The minimum Gasteiger partial charge on any atom is -0.497 e. The number of furan rings is 1. The number of ether oxygens (including phenoxy) is 1. The SMILES string of the molecule is C=CCS[C@@]1(Br)NC(c2ccc(OC)cc2)=C[C@@H](c2ccco2)N1. The van der Waals surface area contributed by atoms with Crippen molar-refractivity contribution in [2.45, 2.75) is 9.95 Å². The summed E-state index contributed by atoms with van der Waals surface area (Å²) in [6.07, 6.45) is 5.69. The lowest BCUT2D eigenvalue weighted by Crippen LogP contribution is -2.52. The second-order valence-electron chi connectivity index (χ2n) is 5.27. The van der Waals surface area contributed by atoms with Crippen molar-refractivity contribution in [3.05, 3.63) is 72.7 Å². The molecule has 1 aliphatic heterocycles. The van der Waals surface area contributed by atoms with E-state index in [2.05, 4.69) is 39.2 Å². The Hall–Kier alpha value is -1.63. The van der Waals surface area contributed by atoms with Crippen LogP contribution in [0, 0.1) is 0 Å². The van der Waals surface area contributed by atoms with Gasteiger partial charge in [0.05, 0.1) is 19.4 Å². The number of methoxy groups -OCH3 is 1. The van der Waals surface area contributed by atoms with Crippen molar-refractivity contribution in [2.75, 3.05) is 12.9 Å². The van der Waals surface area contributed by atoms with Crippen molar-refractivity contribution in [1.29, 1.82) is 0 Å². The maximum Gasteiger partial charge on any atom is 0.195 e. The van der Waals surface area contributed by atoms with Gasteiger partial charge in [-0.25, -0.2) is 0 Å². The maximum absolute atomic E-state index is 5.59. The lowest BCUT2D eigenvalue weighted by atomic mass is 10.1. The molecule has 0 spiro atoms. The number of halogens is 1. The van der Waals surface area contributed by atoms with Crippen LogP contribution in [0.3, 0.4) is 0 Å². The molecule has 24 heavy (non-hydrogen) atoms. The maximum atomic E-state index is 5.59. The van der Waals surface area contributed by atoms with Gasteiger partial charge in [-0.2, -0.15) is 0 Å². The monoisotopic (exact) mass is 406 g/mol. The van der Waals surface area contributed by atoms with Gasteiger partial charge in [0.2, 0.25) is 0 Å². The van der Waals surface area contributed by atoms with Crippen LogP contribution in [0.5, 0.6) is 5.75 Å². The third-order valence-corrected chi connectivity index (χ3v) is 5.75. The van der Waals surface area contributed by atoms with Crippen molar-refractivity contribution in [1.82, 2.24) is 10.6 Å². The van der Waals surface area contributed by atoms with Gasteiger partial charge in [-0.15, -0.1) is 18.3 Å². The predicted molar refractivity (Wildman–Crippen MR) is 103 cm³/mol. The molecule has 0 saturated heterocycles. The van der Waals surface area contributed by atoms with Crippen LogP contribution in [-0.2, 0) is 0 Å². The standard InChI is InChI=1S/C18H19BrN2O2S/c1-3-11-24-18(19)20-15(13-6-8-14(22-2)9-7-13)12-16(21-18)17-5-4-10-23-17/h3-10,12,16,20-21H,1,11H2,2H3/t16-,18-/m0/s1. The molecule has 0 aliphatic carbocycles. The summed E-state index contributed by atoms with van der Waals surface area (Å²) >= 11 is 5.45. The van der Waals surface area contributed by atoms with Gasteiger partial charge in [-0.1, -0.05) is 6.08 Å². The molecule has 3 rings (SSSR count). The van der Waals surface area contributed by atoms with Gasteiger partial charge in [-0.3, -0.25) is 5.32 Å². The van der Waals surface area contributed by atoms with Crippen LogP contribution in [0.2, 0.25) is 0 Å². The highest BCUT2D eigenvalue weighted by Gasteiger charge is 2.35. The molecule has 6 heteroatoms. The number of hydrogen-bond donors (Lipinski definition) is 2. The first-order valence-electron chi connectivity index (χ1n) is 7.53. The van der Waals surface area contributed by atoms with Gasteiger partial charge in [0.15, 0.2) is 3.90 Å². The van der Waals surface area contributed by atoms with Crippen LogP contribution in [0.25, 0.3) is 5.70 Å². The number of alkyl halides is 1. The van der Waals surface area contributed by atoms with E-state index in [1.54, 1.807) is 25.1 Å². The fourth-order valence-corrected chi connectivity index (χ4v) is 4.07. The lowest BCUT2D eigenvalue weighted by molar-refractivity contribution is 0.414. The van der Waals surface area contributed by atoms with Crippen LogP contribution < -0.4 is 15.4 Å². The summed E-state index contributed by atoms with van der Waals surface area (Å²) < 4.78 is 10.3. The van der Waals surface area contributed by atoms with E-state index in [1.807, 2.05) is 42.5 Å². The minimum absolute atomic E-state index is 0.0463. The van der Waals surface area contributed by atoms with Crippen molar-refractivity contribution in [3.63, 3.8) is 0 Å². The van der Waals surface area contributed by atoms with Gasteiger partial charge in [-0.05, 0) is 64.0 Å². The van der Waals surface area contributed by atoms with Crippen molar-refractivity contribution in [2.24, 2.45) is 0 Å². The molecule has 2 N–H and O–H groups in total. The summed E-state index contributed by atoms with van der Waals surface area (Å²) in [5.74, 6) is 2.50. The Morgan fingerprint density at radius 2 is 2.17 bits per heavy atom. The molecule has 0 amide bonds.